The predicted octanol–water partition coefficient (Wildman–Crippen LogP) is 4.47. The number of aryl methyl sites for hydroxylation is 1. The van der Waals surface area contributed by atoms with Gasteiger partial charge in [0, 0.05) is 29.8 Å². The number of carbonyl (C=O) groups is 1. The van der Waals surface area contributed by atoms with Gasteiger partial charge in [-0.3, -0.25) is 9.48 Å². The van der Waals surface area contributed by atoms with E-state index < -0.39 is 0 Å². The summed E-state index contributed by atoms with van der Waals surface area (Å²) >= 11 is 0. The summed E-state index contributed by atoms with van der Waals surface area (Å²) in [5.41, 5.74) is 2.87. The van der Waals surface area contributed by atoms with E-state index in [4.69, 9.17) is 9.15 Å². The van der Waals surface area contributed by atoms with Crippen LogP contribution in [0.2, 0.25) is 0 Å². The van der Waals surface area contributed by atoms with E-state index in [2.05, 4.69) is 24.3 Å². The first-order valence-electron chi connectivity index (χ1n) is 9.90. The molecule has 0 spiro atoms. The average Bonchev–Trinajstić information content (AvgIpc) is 3.39. The quantitative estimate of drug-likeness (QED) is 0.708. The monoisotopic (exact) mass is 381 g/mol. The van der Waals surface area contributed by atoms with Crippen molar-refractivity contribution in [1.82, 2.24) is 15.1 Å². The summed E-state index contributed by atoms with van der Waals surface area (Å²) in [4.78, 5) is 13.1. The molecule has 0 unspecified atom stereocenters. The Labute approximate surface area is 164 Å². The molecule has 3 atom stereocenters. The van der Waals surface area contributed by atoms with Crippen molar-refractivity contribution in [2.45, 2.75) is 52.3 Å². The van der Waals surface area contributed by atoms with Crippen LogP contribution in [0.1, 0.15) is 62.4 Å². The highest BCUT2D eigenvalue weighted by atomic mass is 16.5. The molecule has 1 saturated heterocycles. The van der Waals surface area contributed by atoms with E-state index in [0.29, 0.717) is 13.0 Å². The normalized spacial score (nSPS) is 20.8. The van der Waals surface area contributed by atoms with Crippen molar-refractivity contribution in [3.05, 3.63) is 53.5 Å². The molecule has 6 heteroatoms. The molecule has 1 fully saturated rings. The van der Waals surface area contributed by atoms with Gasteiger partial charge in [-0.15, -0.1) is 0 Å². The maximum absolute atomic E-state index is 13.1. The van der Waals surface area contributed by atoms with Crippen molar-refractivity contribution in [2.75, 3.05) is 6.61 Å². The number of aromatic nitrogens is 2. The van der Waals surface area contributed by atoms with Gasteiger partial charge in [0.15, 0.2) is 0 Å². The number of ether oxygens (including phenoxy) is 1. The Bertz CT molecular complexity index is 988. The Morgan fingerprint density at radius 2 is 2.04 bits per heavy atom. The molecule has 148 valence electrons. The number of benzene rings is 1. The van der Waals surface area contributed by atoms with Gasteiger partial charge in [-0.05, 0) is 46.2 Å². The van der Waals surface area contributed by atoms with E-state index in [1.807, 2.05) is 48.9 Å². The first kappa shape index (κ1) is 18.7. The molecule has 0 saturated carbocycles. The summed E-state index contributed by atoms with van der Waals surface area (Å²) in [6.07, 6.45) is 2.20. The lowest BCUT2D eigenvalue weighted by Gasteiger charge is -2.22. The van der Waals surface area contributed by atoms with Crippen LogP contribution in [0.3, 0.4) is 0 Å². The first-order chi connectivity index (χ1) is 13.5. The highest BCUT2D eigenvalue weighted by molar-refractivity contribution is 5.83. The SMILES string of the molecule is Cc1c([C@H](C)NC(=O)[C@H]2CCO[C@@H]2c2ccnn2C(C)C)oc2ccccc12. The maximum Gasteiger partial charge on any atom is 0.226 e. The third-order valence-corrected chi connectivity index (χ3v) is 5.54. The number of rotatable bonds is 5. The molecule has 0 aliphatic carbocycles. The summed E-state index contributed by atoms with van der Waals surface area (Å²) < 4.78 is 13.9. The van der Waals surface area contributed by atoms with Crippen molar-refractivity contribution in [3.8, 4) is 0 Å². The zero-order valence-electron chi connectivity index (χ0n) is 16.8. The van der Waals surface area contributed by atoms with Crippen molar-refractivity contribution < 1.29 is 13.9 Å². The van der Waals surface area contributed by atoms with Gasteiger partial charge in [-0.25, -0.2) is 0 Å². The van der Waals surface area contributed by atoms with Gasteiger partial charge < -0.3 is 14.5 Å². The third kappa shape index (κ3) is 3.22. The number of nitrogens with zero attached hydrogens (tertiary/aromatic N) is 2. The molecule has 1 aliphatic rings. The largest absolute Gasteiger partial charge is 0.459 e. The van der Waals surface area contributed by atoms with Crippen molar-refractivity contribution in [2.24, 2.45) is 5.92 Å². The summed E-state index contributed by atoms with van der Waals surface area (Å²) in [5, 5.41) is 8.61. The standard InChI is InChI=1S/C22H27N3O3/c1-13(2)25-18(9-11-23-25)21-17(10-12-27-21)22(26)24-15(4)20-14(3)16-7-5-6-8-19(16)28-20/h5-9,11,13,15,17,21H,10,12H2,1-4H3,(H,24,26)/t15-,17-,21-/m0/s1. The fraction of sp³-hybridized carbons (Fsp3) is 0.455. The molecule has 1 amide bonds. The van der Waals surface area contributed by atoms with Crippen LogP contribution in [0.15, 0.2) is 40.9 Å². The zero-order chi connectivity index (χ0) is 19.8. The van der Waals surface area contributed by atoms with Gasteiger partial charge >= 0.3 is 0 Å². The highest BCUT2D eigenvalue weighted by Gasteiger charge is 2.38. The molecule has 3 aromatic rings. The number of hydrogen-bond donors (Lipinski definition) is 1. The summed E-state index contributed by atoms with van der Waals surface area (Å²) in [7, 11) is 0. The first-order valence-corrected chi connectivity index (χ1v) is 9.90. The number of nitrogens with one attached hydrogen (secondary N) is 1. The van der Waals surface area contributed by atoms with Crippen molar-refractivity contribution in [3.63, 3.8) is 0 Å². The van der Waals surface area contributed by atoms with Gasteiger partial charge in [0.1, 0.15) is 17.4 Å². The molecule has 3 heterocycles. The maximum atomic E-state index is 13.1. The van der Waals surface area contributed by atoms with Crippen molar-refractivity contribution in [1.29, 1.82) is 0 Å². The van der Waals surface area contributed by atoms with Crippen LogP contribution >= 0.6 is 0 Å². The molecular weight excluding hydrogens is 354 g/mol. The number of hydrogen-bond acceptors (Lipinski definition) is 4. The smallest absolute Gasteiger partial charge is 0.226 e. The average molecular weight is 381 g/mol. The molecule has 0 bridgehead atoms. The lowest BCUT2D eigenvalue weighted by molar-refractivity contribution is -0.127. The van der Waals surface area contributed by atoms with E-state index in [0.717, 1.165) is 28.0 Å². The van der Waals surface area contributed by atoms with Gasteiger partial charge in [0.25, 0.3) is 0 Å². The number of furan rings is 1. The fourth-order valence-electron chi connectivity index (χ4n) is 4.12. The Hall–Kier alpha value is -2.60. The van der Waals surface area contributed by atoms with E-state index in [-0.39, 0.29) is 30.0 Å². The van der Waals surface area contributed by atoms with Crippen LogP contribution < -0.4 is 5.32 Å². The zero-order valence-corrected chi connectivity index (χ0v) is 16.8. The van der Waals surface area contributed by atoms with Gasteiger partial charge in [0.05, 0.1) is 17.7 Å². The van der Waals surface area contributed by atoms with Crippen LogP contribution in [0.25, 0.3) is 11.0 Å². The second kappa shape index (κ2) is 7.43. The number of amides is 1. The molecule has 1 aliphatic heterocycles. The minimum absolute atomic E-state index is 0.00800. The second-order valence-corrected chi connectivity index (χ2v) is 7.80. The lowest BCUT2D eigenvalue weighted by atomic mass is 9.97. The fourth-order valence-corrected chi connectivity index (χ4v) is 4.12. The highest BCUT2D eigenvalue weighted by Crippen LogP contribution is 2.36. The minimum Gasteiger partial charge on any atom is -0.459 e. The number of carbonyl (C=O) groups excluding carboxylic acids is 1. The van der Waals surface area contributed by atoms with E-state index >= 15 is 0 Å². The molecule has 1 aromatic carbocycles. The Kier molecular flexibility index (Phi) is 4.98. The van der Waals surface area contributed by atoms with Crippen LogP contribution in [0.4, 0.5) is 0 Å². The molecule has 0 radical (unpaired) electrons. The number of para-hydroxylation sites is 1. The summed E-state index contributed by atoms with van der Waals surface area (Å²) in [6, 6.07) is 9.90. The van der Waals surface area contributed by atoms with E-state index in [1.54, 1.807) is 6.20 Å². The van der Waals surface area contributed by atoms with Crippen LogP contribution in [0, 0.1) is 12.8 Å². The van der Waals surface area contributed by atoms with Crippen molar-refractivity contribution >= 4 is 16.9 Å². The minimum atomic E-state index is -0.270. The Morgan fingerprint density at radius 1 is 1.25 bits per heavy atom. The lowest BCUT2D eigenvalue weighted by Crippen LogP contribution is -2.34. The van der Waals surface area contributed by atoms with Gasteiger partial charge in [-0.2, -0.15) is 5.10 Å². The molecule has 4 rings (SSSR count). The van der Waals surface area contributed by atoms with Crippen LogP contribution in [-0.4, -0.2) is 22.3 Å². The summed E-state index contributed by atoms with van der Waals surface area (Å²) in [6.45, 7) is 8.72. The van der Waals surface area contributed by atoms with E-state index in [1.165, 1.54) is 0 Å². The Morgan fingerprint density at radius 3 is 2.79 bits per heavy atom. The molecule has 1 N–H and O–H groups in total. The van der Waals surface area contributed by atoms with Crippen LogP contribution in [-0.2, 0) is 9.53 Å². The predicted molar refractivity (Wildman–Crippen MR) is 107 cm³/mol. The molecular formula is C22H27N3O3. The molecule has 28 heavy (non-hydrogen) atoms. The molecule has 2 aromatic heterocycles. The topological polar surface area (TPSA) is 69.3 Å². The second-order valence-electron chi connectivity index (χ2n) is 7.80. The summed E-state index contributed by atoms with van der Waals surface area (Å²) in [5.74, 6) is 0.560. The third-order valence-electron chi connectivity index (χ3n) is 5.54. The van der Waals surface area contributed by atoms with Gasteiger partial charge in [-0.1, -0.05) is 18.2 Å². The molecule has 6 nitrogen and oxygen atoms in total. The van der Waals surface area contributed by atoms with E-state index in [9.17, 15) is 4.79 Å². The number of fused-ring (bicyclic) bond motifs is 1. The Balaban J connectivity index is 1.53. The van der Waals surface area contributed by atoms with Gasteiger partial charge in [0.2, 0.25) is 5.91 Å². The van der Waals surface area contributed by atoms with Crippen LogP contribution in [0.5, 0.6) is 0 Å².